The van der Waals surface area contributed by atoms with Gasteiger partial charge in [0.25, 0.3) is 11.8 Å². The van der Waals surface area contributed by atoms with Crippen molar-refractivity contribution in [2.24, 2.45) is 5.10 Å². The number of amides is 2. The molecule has 10 nitrogen and oxygen atoms in total. The van der Waals surface area contributed by atoms with Gasteiger partial charge in [-0.15, -0.1) is 10.2 Å². The zero-order valence-corrected chi connectivity index (χ0v) is 25.5. The van der Waals surface area contributed by atoms with Crippen LogP contribution in [0.5, 0.6) is 5.75 Å². The van der Waals surface area contributed by atoms with Crippen molar-refractivity contribution in [2.45, 2.75) is 24.2 Å². The van der Waals surface area contributed by atoms with Crippen molar-refractivity contribution in [3.8, 4) is 11.4 Å². The lowest BCUT2D eigenvalue weighted by Gasteiger charge is -2.22. The third-order valence-corrected chi connectivity index (χ3v) is 8.24. The maximum atomic E-state index is 13.8. The van der Waals surface area contributed by atoms with Gasteiger partial charge in [-0.2, -0.15) is 5.10 Å². The van der Waals surface area contributed by atoms with Gasteiger partial charge in [-0.05, 0) is 77.9 Å². The molecule has 13 heteroatoms. The molecule has 228 valence electrons. The Kier molecular flexibility index (Phi) is 8.94. The molecule has 5 aromatic rings. The van der Waals surface area contributed by atoms with Crippen LogP contribution in [0.1, 0.15) is 40.0 Å². The Bertz CT molecular complexity index is 1840. The number of hydrogen-bond acceptors (Lipinski definition) is 8. The number of methoxy groups -OCH3 is 1. The summed E-state index contributed by atoms with van der Waals surface area (Å²) in [5.41, 5.74) is 3.00. The first-order valence-electron chi connectivity index (χ1n) is 13.8. The van der Waals surface area contributed by atoms with Crippen molar-refractivity contribution in [3.63, 3.8) is 0 Å². The second-order valence-electron chi connectivity index (χ2n) is 9.95. The number of hydrogen-bond donors (Lipinski definition) is 1. The summed E-state index contributed by atoms with van der Waals surface area (Å²) in [7, 11) is 1.60. The fourth-order valence-corrected chi connectivity index (χ4v) is 5.88. The number of halogens is 2. The molecule has 0 aliphatic carbocycles. The van der Waals surface area contributed by atoms with Crippen molar-refractivity contribution >= 4 is 40.9 Å². The van der Waals surface area contributed by atoms with Gasteiger partial charge in [0.05, 0.1) is 43.1 Å². The van der Waals surface area contributed by atoms with Crippen LogP contribution in [0.4, 0.5) is 4.39 Å². The molecular formula is C32H26ClFN6O4S. The summed E-state index contributed by atoms with van der Waals surface area (Å²) in [4.78, 5) is 26.3. The van der Waals surface area contributed by atoms with Crippen LogP contribution in [0.25, 0.3) is 5.69 Å². The Morgan fingerprint density at radius 2 is 1.87 bits per heavy atom. The third-order valence-electron chi connectivity index (χ3n) is 7.09. The van der Waals surface area contributed by atoms with E-state index < -0.39 is 11.9 Å². The summed E-state index contributed by atoms with van der Waals surface area (Å²) in [6, 6.07) is 23.4. The van der Waals surface area contributed by atoms with Crippen molar-refractivity contribution in [1.29, 1.82) is 0 Å². The van der Waals surface area contributed by atoms with Crippen LogP contribution >= 0.6 is 23.4 Å². The van der Waals surface area contributed by atoms with E-state index in [1.807, 2.05) is 30.3 Å². The number of benzene rings is 3. The summed E-state index contributed by atoms with van der Waals surface area (Å²) >= 11 is 7.47. The van der Waals surface area contributed by atoms with E-state index in [9.17, 15) is 14.0 Å². The van der Waals surface area contributed by atoms with E-state index in [2.05, 4.69) is 15.5 Å². The van der Waals surface area contributed by atoms with Crippen molar-refractivity contribution < 1.29 is 23.1 Å². The number of hydrazone groups is 1. The minimum absolute atomic E-state index is 0.0193. The molecule has 0 saturated heterocycles. The fraction of sp³-hybridized carbons (Fsp3) is 0.156. The van der Waals surface area contributed by atoms with E-state index in [0.29, 0.717) is 33.9 Å². The zero-order chi connectivity index (χ0) is 31.3. The van der Waals surface area contributed by atoms with Gasteiger partial charge in [-0.1, -0.05) is 41.6 Å². The minimum atomic E-state index is -0.422. The topological polar surface area (TPSA) is 115 Å². The second-order valence-corrected chi connectivity index (χ2v) is 11.3. The van der Waals surface area contributed by atoms with Crippen LogP contribution in [0.15, 0.2) is 106 Å². The molecule has 0 spiro atoms. The number of aromatic nitrogens is 3. The molecule has 0 radical (unpaired) electrons. The average molecular weight is 645 g/mol. The largest absolute Gasteiger partial charge is 0.497 e. The van der Waals surface area contributed by atoms with Gasteiger partial charge in [-0.25, -0.2) is 9.40 Å². The molecule has 2 aromatic heterocycles. The average Bonchev–Trinajstić information content (AvgIpc) is 3.83. The smallest absolute Gasteiger partial charge is 0.287 e. The van der Waals surface area contributed by atoms with Crippen LogP contribution in [-0.4, -0.2) is 50.2 Å². The van der Waals surface area contributed by atoms with E-state index >= 15 is 0 Å². The first-order valence-corrected chi connectivity index (χ1v) is 15.2. The van der Waals surface area contributed by atoms with Gasteiger partial charge < -0.3 is 14.5 Å². The lowest BCUT2D eigenvalue weighted by molar-refractivity contribution is -0.130. The van der Waals surface area contributed by atoms with Gasteiger partial charge >= 0.3 is 0 Å². The number of ether oxygens (including phenoxy) is 1. The van der Waals surface area contributed by atoms with Crippen molar-refractivity contribution in [3.05, 3.63) is 125 Å². The van der Waals surface area contributed by atoms with Gasteiger partial charge in [0.15, 0.2) is 16.7 Å². The zero-order valence-electron chi connectivity index (χ0n) is 23.9. The first kappa shape index (κ1) is 30.1. The standard InChI is InChI=1S/C32H26ClFN6O4S/c1-43-25-13-9-20(10-14-25)26-17-27(21-7-11-23(34)12-8-21)40(38-26)30(41)19-45-32-37-36-29(18-35-31(42)28-6-3-15-44-28)39(32)24-5-2-4-22(33)16-24/h2-16,27H,17-19H2,1H3,(H,35,42)/t27-/m1/s1. The molecule has 45 heavy (non-hydrogen) atoms. The highest BCUT2D eigenvalue weighted by atomic mass is 35.5. The summed E-state index contributed by atoms with van der Waals surface area (Å²) in [5.74, 6) is 0.243. The predicted molar refractivity (Wildman–Crippen MR) is 167 cm³/mol. The number of furan rings is 1. The Hall–Kier alpha value is -4.94. The van der Waals surface area contributed by atoms with Crippen LogP contribution in [0.3, 0.4) is 0 Å². The predicted octanol–water partition coefficient (Wildman–Crippen LogP) is 6.06. The minimum Gasteiger partial charge on any atom is -0.497 e. The van der Waals surface area contributed by atoms with Crippen LogP contribution in [0, 0.1) is 5.82 Å². The molecule has 2 amide bonds. The van der Waals surface area contributed by atoms with Crippen molar-refractivity contribution in [2.75, 3.05) is 12.9 Å². The highest BCUT2D eigenvalue weighted by molar-refractivity contribution is 7.99. The number of rotatable bonds is 10. The molecule has 1 atom stereocenters. The number of thioether (sulfide) groups is 1. The lowest BCUT2D eigenvalue weighted by Crippen LogP contribution is -2.28. The quantitative estimate of drug-likeness (QED) is 0.184. The van der Waals surface area contributed by atoms with Gasteiger partial charge in [-0.3, -0.25) is 14.2 Å². The second kappa shape index (κ2) is 13.4. The fourth-order valence-electron chi connectivity index (χ4n) is 4.87. The number of carbonyl (C=O) groups is 2. The van der Waals surface area contributed by atoms with E-state index in [1.54, 1.807) is 54.1 Å². The van der Waals surface area contributed by atoms with Gasteiger partial charge in [0.2, 0.25) is 0 Å². The molecule has 3 aromatic carbocycles. The first-order chi connectivity index (χ1) is 21.9. The lowest BCUT2D eigenvalue weighted by atomic mass is 9.98. The summed E-state index contributed by atoms with van der Waals surface area (Å²) < 4.78 is 25.9. The summed E-state index contributed by atoms with van der Waals surface area (Å²) in [6.45, 7) is 0.0435. The highest BCUT2D eigenvalue weighted by Crippen LogP contribution is 2.34. The molecule has 3 heterocycles. The summed E-state index contributed by atoms with van der Waals surface area (Å²) in [5, 5.41) is 18.5. The van der Waals surface area contributed by atoms with Crippen LogP contribution in [0.2, 0.25) is 5.02 Å². The maximum Gasteiger partial charge on any atom is 0.287 e. The molecule has 0 fully saturated rings. The van der Waals surface area contributed by atoms with E-state index in [4.69, 9.17) is 25.9 Å². The van der Waals surface area contributed by atoms with E-state index in [1.165, 1.54) is 35.2 Å². The molecule has 6 rings (SSSR count). The van der Waals surface area contributed by atoms with Crippen molar-refractivity contribution in [1.82, 2.24) is 25.1 Å². The molecule has 0 saturated carbocycles. The normalized spacial score (nSPS) is 14.3. The molecule has 1 aliphatic rings. The number of carbonyl (C=O) groups excluding carboxylic acids is 2. The number of nitrogens with zero attached hydrogens (tertiary/aromatic N) is 5. The van der Waals surface area contributed by atoms with E-state index in [-0.39, 0.29) is 29.8 Å². The van der Waals surface area contributed by atoms with Crippen LogP contribution in [-0.2, 0) is 11.3 Å². The van der Waals surface area contributed by atoms with Gasteiger partial charge in [0, 0.05) is 11.4 Å². The molecular weight excluding hydrogens is 619 g/mol. The SMILES string of the molecule is COc1ccc(C2=NN(C(=O)CSc3nnc(CNC(=O)c4ccco4)n3-c3cccc(Cl)c3)[C@@H](c3ccc(F)cc3)C2)cc1. The molecule has 0 bridgehead atoms. The highest BCUT2D eigenvalue weighted by Gasteiger charge is 2.33. The Morgan fingerprint density at radius 1 is 1.07 bits per heavy atom. The monoisotopic (exact) mass is 644 g/mol. The van der Waals surface area contributed by atoms with Gasteiger partial charge in [0.1, 0.15) is 11.6 Å². The Labute approximate surface area is 266 Å². The Balaban J connectivity index is 1.25. The maximum absolute atomic E-state index is 13.8. The third kappa shape index (κ3) is 6.76. The summed E-state index contributed by atoms with van der Waals surface area (Å²) in [6.07, 6.45) is 1.87. The molecule has 0 unspecified atom stereocenters. The molecule has 1 N–H and O–H groups in total. The van der Waals surface area contributed by atoms with E-state index in [0.717, 1.165) is 16.8 Å². The Morgan fingerprint density at radius 3 is 2.58 bits per heavy atom. The van der Waals surface area contributed by atoms with Crippen LogP contribution < -0.4 is 10.1 Å². The number of nitrogens with one attached hydrogen (secondary N) is 1. The molecule has 1 aliphatic heterocycles.